The predicted molar refractivity (Wildman–Crippen MR) is 76.6 cm³/mol. The molecule has 20 heavy (non-hydrogen) atoms. The van der Waals surface area contributed by atoms with Crippen molar-refractivity contribution in [3.8, 4) is 0 Å². The molecule has 0 aliphatic carbocycles. The molecule has 0 spiro atoms. The maximum atomic E-state index is 12.4. The summed E-state index contributed by atoms with van der Waals surface area (Å²) in [5.74, 6) is 0.644. The fourth-order valence-electron chi connectivity index (χ4n) is 2.68. The SMILES string of the molecule is NC(CC(=O)O)C(=O)N(CC1CCCO1)C1CCSC1. The van der Waals surface area contributed by atoms with E-state index in [2.05, 4.69) is 0 Å². The quantitative estimate of drug-likeness (QED) is 0.733. The Kier molecular flexibility index (Phi) is 5.68. The highest BCUT2D eigenvalue weighted by molar-refractivity contribution is 7.99. The number of hydrogen-bond donors (Lipinski definition) is 2. The van der Waals surface area contributed by atoms with Crippen LogP contribution in [0.1, 0.15) is 25.7 Å². The van der Waals surface area contributed by atoms with Gasteiger partial charge in [-0.25, -0.2) is 0 Å². The number of aliphatic carboxylic acids is 1. The predicted octanol–water partition coefficient (Wildman–Crippen LogP) is 0.301. The fourth-order valence-corrected chi connectivity index (χ4v) is 3.91. The van der Waals surface area contributed by atoms with Crippen molar-refractivity contribution in [2.75, 3.05) is 24.7 Å². The molecular formula is C13H22N2O4S. The molecule has 3 atom stereocenters. The van der Waals surface area contributed by atoms with Gasteiger partial charge in [0.05, 0.1) is 18.6 Å². The Morgan fingerprint density at radius 1 is 1.45 bits per heavy atom. The fraction of sp³-hybridized carbons (Fsp3) is 0.846. The van der Waals surface area contributed by atoms with Gasteiger partial charge in [0.2, 0.25) is 5.91 Å². The first-order valence-electron chi connectivity index (χ1n) is 7.05. The van der Waals surface area contributed by atoms with Crippen molar-refractivity contribution in [3.05, 3.63) is 0 Å². The van der Waals surface area contributed by atoms with Crippen LogP contribution in [0.2, 0.25) is 0 Å². The molecule has 6 nitrogen and oxygen atoms in total. The molecule has 7 heteroatoms. The Morgan fingerprint density at radius 3 is 2.80 bits per heavy atom. The van der Waals surface area contributed by atoms with Crippen LogP contribution in [-0.4, -0.2) is 64.7 Å². The first-order valence-corrected chi connectivity index (χ1v) is 8.20. The first kappa shape index (κ1) is 15.6. The second kappa shape index (κ2) is 7.28. The summed E-state index contributed by atoms with van der Waals surface area (Å²) in [7, 11) is 0. The van der Waals surface area contributed by atoms with Crippen molar-refractivity contribution in [2.24, 2.45) is 5.73 Å². The van der Waals surface area contributed by atoms with Crippen LogP contribution >= 0.6 is 11.8 Å². The number of carbonyl (C=O) groups is 2. The third kappa shape index (κ3) is 4.10. The van der Waals surface area contributed by atoms with Crippen LogP contribution in [0.4, 0.5) is 0 Å². The number of nitrogens with two attached hydrogens (primary N) is 1. The van der Waals surface area contributed by atoms with Gasteiger partial charge in [0.15, 0.2) is 0 Å². The zero-order valence-corrected chi connectivity index (χ0v) is 12.3. The average molecular weight is 302 g/mol. The lowest BCUT2D eigenvalue weighted by Gasteiger charge is -2.32. The lowest BCUT2D eigenvalue weighted by Crippen LogP contribution is -2.51. The van der Waals surface area contributed by atoms with E-state index in [4.69, 9.17) is 15.6 Å². The molecule has 0 bridgehead atoms. The molecule has 2 rings (SSSR count). The molecule has 0 aromatic rings. The Labute approximate surface area is 123 Å². The smallest absolute Gasteiger partial charge is 0.305 e. The van der Waals surface area contributed by atoms with Crippen LogP contribution in [0.15, 0.2) is 0 Å². The van der Waals surface area contributed by atoms with E-state index in [1.807, 2.05) is 11.8 Å². The van der Waals surface area contributed by atoms with Crippen molar-refractivity contribution < 1.29 is 19.4 Å². The molecule has 1 amide bonds. The maximum Gasteiger partial charge on any atom is 0.305 e. The maximum absolute atomic E-state index is 12.4. The largest absolute Gasteiger partial charge is 0.481 e. The van der Waals surface area contributed by atoms with E-state index < -0.39 is 12.0 Å². The number of amides is 1. The molecule has 2 heterocycles. The highest BCUT2D eigenvalue weighted by atomic mass is 32.2. The van der Waals surface area contributed by atoms with E-state index in [-0.39, 0.29) is 24.5 Å². The minimum Gasteiger partial charge on any atom is -0.481 e. The minimum atomic E-state index is -1.04. The van der Waals surface area contributed by atoms with Gasteiger partial charge >= 0.3 is 5.97 Å². The summed E-state index contributed by atoms with van der Waals surface area (Å²) in [6, 6.07) is -0.795. The Balaban J connectivity index is 1.99. The third-order valence-corrected chi connectivity index (χ3v) is 4.91. The Hall–Kier alpha value is -0.790. The topological polar surface area (TPSA) is 92.9 Å². The number of rotatable bonds is 6. The van der Waals surface area contributed by atoms with E-state index in [0.717, 1.165) is 37.4 Å². The molecular weight excluding hydrogens is 280 g/mol. The van der Waals surface area contributed by atoms with Gasteiger partial charge in [-0.15, -0.1) is 0 Å². The highest BCUT2D eigenvalue weighted by Crippen LogP contribution is 2.25. The highest BCUT2D eigenvalue weighted by Gasteiger charge is 2.33. The monoisotopic (exact) mass is 302 g/mol. The lowest BCUT2D eigenvalue weighted by atomic mass is 10.1. The minimum absolute atomic E-state index is 0.0709. The molecule has 0 radical (unpaired) electrons. The third-order valence-electron chi connectivity index (χ3n) is 3.77. The number of carboxylic acids is 1. The van der Waals surface area contributed by atoms with Crippen molar-refractivity contribution >= 4 is 23.6 Å². The van der Waals surface area contributed by atoms with E-state index >= 15 is 0 Å². The summed E-state index contributed by atoms with van der Waals surface area (Å²) in [4.78, 5) is 24.9. The first-order chi connectivity index (χ1) is 9.58. The Morgan fingerprint density at radius 2 is 2.25 bits per heavy atom. The lowest BCUT2D eigenvalue weighted by molar-refractivity contribution is -0.143. The van der Waals surface area contributed by atoms with E-state index in [0.29, 0.717) is 6.54 Å². The summed E-state index contributed by atoms with van der Waals surface area (Å²) in [6.45, 7) is 1.28. The van der Waals surface area contributed by atoms with Gasteiger partial charge in [0, 0.05) is 24.9 Å². The number of nitrogens with zero attached hydrogens (tertiary/aromatic N) is 1. The molecule has 2 aliphatic heterocycles. The standard InChI is InChI=1S/C13H22N2O4S/c14-11(6-12(16)17)13(18)15(9-3-5-20-8-9)7-10-2-1-4-19-10/h9-11H,1-8,14H2,(H,16,17). The molecule has 0 saturated carbocycles. The van der Waals surface area contributed by atoms with Crippen molar-refractivity contribution in [1.29, 1.82) is 0 Å². The van der Waals surface area contributed by atoms with Crippen LogP contribution in [0.25, 0.3) is 0 Å². The number of carbonyl (C=O) groups excluding carboxylic acids is 1. The van der Waals surface area contributed by atoms with Crippen molar-refractivity contribution in [1.82, 2.24) is 4.90 Å². The van der Waals surface area contributed by atoms with Crippen LogP contribution in [0.3, 0.4) is 0 Å². The Bertz CT molecular complexity index is 354. The molecule has 0 aromatic heterocycles. The molecule has 2 fully saturated rings. The molecule has 114 valence electrons. The number of carboxylic acid groups (broad SMARTS) is 1. The van der Waals surface area contributed by atoms with Crippen LogP contribution < -0.4 is 5.73 Å². The summed E-state index contributed by atoms with van der Waals surface area (Å²) < 4.78 is 5.60. The molecule has 2 aliphatic rings. The van der Waals surface area contributed by atoms with Gasteiger partial charge < -0.3 is 20.5 Å². The number of ether oxygens (including phenoxy) is 1. The van der Waals surface area contributed by atoms with Gasteiger partial charge in [0.25, 0.3) is 0 Å². The van der Waals surface area contributed by atoms with Crippen LogP contribution in [-0.2, 0) is 14.3 Å². The molecule has 2 saturated heterocycles. The summed E-state index contributed by atoms with van der Waals surface area (Å²) in [5.41, 5.74) is 5.74. The van der Waals surface area contributed by atoms with Crippen LogP contribution in [0.5, 0.6) is 0 Å². The molecule has 3 N–H and O–H groups in total. The average Bonchev–Trinajstić information content (AvgIpc) is 3.07. The van der Waals surface area contributed by atoms with E-state index in [1.54, 1.807) is 4.90 Å². The van der Waals surface area contributed by atoms with Crippen LogP contribution in [0, 0.1) is 0 Å². The zero-order chi connectivity index (χ0) is 14.5. The summed E-state index contributed by atoms with van der Waals surface area (Å²) in [6.07, 6.45) is 2.68. The summed E-state index contributed by atoms with van der Waals surface area (Å²) in [5, 5.41) is 8.78. The van der Waals surface area contributed by atoms with Crippen molar-refractivity contribution in [3.63, 3.8) is 0 Å². The molecule has 0 aromatic carbocycles. The second-order valence-electron chi connectivity index (χ2n) is 5.35. The second-order valence-corrected chi connectivity index (χ2v) is 6.50. The van der Waals surface area contributed by atoms with Gasteiger partial charge in [-0.3, -0.25) is 9.59 Å². The van der Waals surface area contributed by atoms with Gasteiger partial charge in [-0.1, -0.05) is 0 Å². The van der Waals surface area contributed by atoms with Crippen molar-refractivity contribution in [2.45, 2.75) is 43.9 Å². The zero-order valence-electron chi connectivity index (χ0n) is 11.5. The van der Waals surface area contributed by atoms with Gasteiger partial charge in [-0.05, 0) is 25.0 Å². The number of hydrogen-bond acceptors (Lipinski definition) is 5. The van der Waals surface area contributed by atoms with E-state index in [1.165, 1.54) is 0 Å². The molecule has 3 unspecified atom stereocenters. The number of thioether (sulfide) groups is 1. The van der Waals surface area contributed by atoms with Gasteiger partial charge in [0.1, 0.15) is 0 Å². The normalized spacial score (nSPS) is 27.4. The van der Waals surface area contributed by atoms with Gasteiger partial charge in [-0.2, -0.15) is 11.8 Å². The van der Waals surface area contributed by atoms with E-state index in [9.17, 15) is 9.59 Å². The summed E-state index contributed by atoms with van der Waals surface area (Å²) >= 11 is 1.82.